The molecule has 14 heteroatoms. The Morgan fingerprint density at radius 3 is 2.30 bits per heavy atom. The molecule has 0 saturated carbocycles. The van der Waals surface area contributed by atoms with E-state index in [9.17, 15) is 37.7 Å². The summed E-state index contributed by atoms with van der Waals surface area (Å²) >= 11 is 0. The van der Waals surface area contributed by atoms with Crippen LogP contribution < -0.4 is 24.4 Å². The third kappa shape index (κ3) is 7.81. The van der Waals surface area contributed by atoms with Crippen LogP contribution in [0.3, 0.4) is 0 Å². The zero-order chi connectivity index (χ0) is 36.0. The number of nitro groups is 1. The number of hydrogen-bond donors (Lipinski definition) is 1. The minimum absolute atomic E-state index is 0.00980. The molecule has 256 valence electrons. The molecule has 4 aromatic rings. The lowest BCUT2D eigenvalue weighted by Crippen LogP contribution is -2.54. The van der Waals surface area contributed by atoms with E-state index in [0.29, 0.717) is 30.1 Å². The maximum atomic E-state index is 13.6. The Morgan fingerprint density at radius 1 is 0.940 bits per heavy atom. The maximum Gasteiger partial charge on any atom is 0.416 e. The van der Waals surface area contributed by atoms with Crippen LogP contribution >= 0.6 is 0 Å². The van der Waals surface area contributed by atoms with Crippen molar-refractivity contribution < 1.29 is 46.7 Å². The van der Waals surface area contributed by atoms with Crippen molar-refractivity contribution in [2.45, 2.75) is 26.1 Å². The summed E-state index contributed by atoms with van der Waals surface area (Å²) < 4.78 is 57.1. The van der Waals surface area contributed by atoms with E-state index in [1.165, 1.54) is 36.4 Å². The standard InChI is InChI=1S/C36H28F3N3O8/c1-3-8-24-17-23(19-31(48-4-2)32(24)50-30-16-11-25(36(37,38)39)20-29(30)42(46)47)18-28-33(43)40-35(45)41(34(28)44)26-12-14-27(15-13-26)49-21-22-9-6-5-7-10-22/h3,5-7,9-20H,1,4,8,21H2,2H3,(H,40,43,45)/b28-18+. The van der Waals surface area contributed by atoms with Gasteiger partial charge in [0.25, 0.3) is 11.8 Å². The average Bonchev–Trinajstić information content (AvgIpc) is 3.08. The minimum atomic E-state index is -4.83. The fourth-order valence-corrected chi connectivity index (χ4v) is 4.98. The number of alkyl halides is 3. The number of allylic oxidation sites excluding steroid dienone is 1. The van der Waals surface area contributed by atoms with Crippen LogP contribution in [-0.2, 0) is 28.8 Å². The van der Waals surface area contributed by atoms with Crippen molar-refractivity contribution in [1.29, 1.82) is 0 Å². The van der Waals surface area contributed by atoms with Gasteiger partial charge in [-0.05, 0) is 79.1 Å². The molecule has 5 rings (SSSR count). The van der Waals surface area contributed by atoms with Crippen molar-refractivity contribution in [3.63, 3.8) is 0 Å². The molecule has 1 aliphatic heterocycles. The molecule has 4 aromatic carbocycles. The number of rotatable bonds is 12. The van der Waals surface area contributed by atoms with Crippen molar-refractivity contribution in [1.82, 2.24) is 5.32 Å². The minimum Gasteiger partial charge on any atom is -0.490 e. The van der Waals surface area contributed by atoms with Gasteiger partial charge in [0.2, 0.25) is 5.75 Å². The van der Waals surface area contributed by atoms with Crippen LogP contribution in [0.1, 0.15) is 29.2 Å². The van der Waals surface area contributed by atoms with Gasteiger partial charge in [0.05, 0.1) is 22.8 Å². The van der Waals surface area contributed by atoms with Crippen LogP contribution in [0.2, 0.25) is 0 Å². The van der Waals surface area contributed by atoms with Gasteiger partial charge in [0, 0.05) is 11.6 Å². The second kappa shape index (κ2) is 14.8. The van der Waals surface area contributed by atoms with Crippen molar-refractivity contribution in [2.75, 3.05) is 11.5 Å². The molecular weight excluding hydrogens is 659 g/mol. The molecule has 0 unspecified atom stereocenters. The third-order valence-corrected chi connectivity index (χ3v) is 7.27. The van der Waals surface area contributed by atoms with E-state index in [1.807, 2.05) is 30.3 Å². The summed E-state index contributed by atoms with van der Waals surface area (Å²) in [6, 6.07) is 19.4. The van der Waals surface area contributed by atoms with E-state index in [0.717, 1.165) is 16.5 Å². The predicted octanol–water partition coefficient (Wildman–Crippen LogP) is 7.78. The number of hydrogen-bond acceptors (Lipinski definition) is 8. The number of halogens is 3. The van der Waals surface area contributed by atoms with Crippen molar-refractivity contribution in [3.8, 4) is 23.0 Å². The molecule has 1 aliphatic rings. The van der Waals surface area contributed by atoms with Crippen molar-refractivity contribution in [2.24, 2.45) is 0 Å². The fraction of sp³-hybridized carbons (Fsp3) is 0.139. The summed E-state index contributed by atoms with van der Waals surface area (Å²) in [5, 5.41) is 13.9. The van der Waals surface area contributed by atoms with Crippen molar-refractivity contribution in [3.05, 3.63) is 136 Å². The van der Waals surface area contributed by atoms with Gasteiger partial charge in [-0.1, -0.05) is 36.4 Å². The molecule has 4 amide bonds. The molecule has 1 heterocycles. The van der Waals surface area contributed by atoms with Crippen LogP contribution in [-0.4, -0.2) is 29.4 Å². The summed E-state index contributed by atoms with van der Waals surface area (Å²) in [6.45, 7) is 5.72. The fourth-order valence-electron chi connectivity index (χ4n) is 4.98. The zero-order valence-electron chi connectivity index (χ0n) is 26.4. The summed E-state index contributed by atoms with van der Waals surface area (Å²) in [5.74, 6) is -1.91. The SMILES string of the molecule is C=CCc1cc(/C=C2\C(=O)NC(=O)N(c3ccc(OCc4ccccc4)cc3)C2=O)cc(OCC)c1Oc1ccc(C(F)(F)F)cc1[N+](=O)[O-]. The highest BCUT2D eigenvalue weighted by molar-refractivity contribution is 6.39. The number of anilines is 1. The second-order valence-corrected chi connectivity index (χ2v) is 10.7. The lowest BCUT2D eigenvalue weighted by Gasteiger charge is -2.26. The number of benzene rings is 4. The Hall–Kier alpha value is -6.44. The molecule has 50 heavy (non-hydrogen) atoms. The van der Waals surface area contributed by atoms with Gasteiger partial charge in [-0.25, -0.2) is 9.69 Å². The van der Waals surface area contributed by atoms with Gasteiger partial charge in [0.1, 0.15) is 17.9 Å². The Morgan fingerprint density at radius 2 is 1.66 bits per heavy atom. The predicted molar refractivity (Wildman–Crippen MR) is 176 cm³/mol. The van der Waals surface area contributed by atoms with Crippen LogP contribution in [0.25, 0.3) is 6.08 Å². The number of urea groups is 1. The molecule has 0 aliphatic carbocycles. The molecule has 0 aromatic heterocycles. The number of ether oxygens (including phenoxy) is 3. The summed E-state index contributed by atoms with van der Waals surface area (Å²) in [6.07, 6.45) is -2.04. The topological polar surface area (TPSA) is 137 Å². The first-order chi connectivity index (χ1) is 23.9. The number of nitro benzene ring substituents is 1. The summed E-state index contributed by atoms with van der Waals surface area (Å²) in [4.78, 5) is 50.8. The number of nitrogens with zero attached hydrogens (tertiary/aromatic N) is 2. The largest absolute Gasteiger partial charge is 0.490 e. The Labute approximate surface area is 283 Å². The quantitative estimate of drug-likeness (QED) is 0.0524. The number of imide groups is 2. The molecular formula is C36H28F3N3O8. The Balaban J connectivity index is 1.47. The smallest absolute Gasteiger partial charge is 0.416 e. The number of nitrogens with one attached hydrogen (secondary N) is 1. The van der Waals surface area contributed by atoms with Crippen LogP contribution in [0.4, 0.5) is 29.3 Å². The number of carbonyl (C=O) groups is 3. The maximum absolute atomic E-state index is 13.6. The molecule has 1 N–H and O–H groups in total. The van der Waals surface area contributed by atoms with E-state index >= 15 is 0 Å². The van der Waals surface area contributed by atoms with E-state index < -0.39 is 51.5 Å². The molecule has 0 spiro atoms. The number of barbiturate groups is 1. The number of carbonyl (C=O) groups excluding carboxylic acids is 3. The highest BCUT2D eigenvalue weighted by atomic mass is 19.4. The van der Waals surface area contributed by atoms with Gasteiger partial charge in [-0.3, -0.25) is 25.0 Å². The highest BCUT2D eigenvalue weighted by Gasteiger charge is 2.37. The third-order valence-electron chi connectivity index (χ3n) is 7.27. The average molecular weight is 688 g/mol. The molecule has 11 nitrogen and oxygen atoms in total. The highest BCUT2D eigenvalue weighted by Crippen LogP contribution is 2.43. The van der Waals surface area contributed by atoms with Crippen molar-refractivity contribution >= 4 is 35.3 Å². The first-order valence-corrected chi connectivity index (χ1v) is 15.0. The lowest BCUT2D eigenvalue weighted by molar-refractivity contribution is -0.385. The second-order valence-electron chi connectivity index (χ2n) is 10.7. The van der Waals surface area contributed by atoms with E-state index in [1.54, 1.807) is 19.1 Å². The molecule has 1 fully saturated rings. The normalized spacial score (nSPS) is 14.0. The van der Waals surface area contributed by atoms with Gasteiger partial charge in [0.15, 0.2) is 11.5 Å². The molecule has 1 saturated heterocycles. The number of amides is 4. The lowest BCUT2D eigenvalue weighted by atomic mass is 10.0. The molecule has 0 bridgehead atoms. The van der Waals surface area contributed by atoms with E-state index in [2.05, 4.69) is 11.9 Å². The van der Waals surface area contributed by atoms with Gasteiger partial charge >= 0.3 is 17.9 Å². The first kappa shape index (κ1) is 34.9. The Kier molecular flexibility index (Phi) is 10.3. The zero-order valence-corrected chi connectivity index (χ0v) is 26.4. The molecule has 0 radical (unpaired) electrons. The summed E-state index contributed by atoms with van der Waals surface area (Å²) in [7, 11) is 0. The van der Waals surface area contributed by atoms with Gasteiger partial charge in [-0.15, -0.1) is 6.58 Å². The van der Waals surface area contributed by atoms with Crippen LogP contribution in [0, 0.1) is 10.1 Å². The van der Waals surface area contributed by atoms with Crippen LogP contribution in [0.5, 0.6) is 23.0 Å². The van der Waals surface area contributed by atoms with E-state index in [-0.39, 0.29) is 35.8 Å². The summed E-state index contributed by atoms with van der Waals surface area (Å²) in [5.41, 5.74) is -0.880. The van der Waals surface area contributed by atoms with E-state index in [4.69, 9.17) is 14.2 Å². The monoisotopic (exact) mass is 687 g/mol. The molecule has 0 atom stereocenters. The van der Waals surface area contributed by atoms with Crippen LogP contribution in [0.15, 0.2) is 103 Å². The van der Waals surface area contributed by atoms with Gasteiger partial charge in [-0.2, -0.15) is 13.2 Å². The Bertz CT molecular complexity index is 1990. The first-order valence-electron chi connectivity index (χ1n) is 15.0. The van der Waals surface area contributed by atoms with Gasteiger partial charge < -0.3 is 14.2 Å².